The Balaban J connectivity index is 2.20. The topological polar surface area (TPSA) is 147 Å². The molecule has 2 N–H and O–H groups in total. The van der Waals surface area contributed by atoms with Crippen LogP contribution in [-0.4, -0.2) is 32.4 Å². The maximum Gasteiger partial charge on any atom is 0.380 e. The predicted molar refractivity (Wildman–Crippen MR) is 88.4 cm³/mol. The van der Waals surface area contributed by atoms with Gasteiger partial charge in [0.2, 0.25) is 5.91 Å². The SMILES string of the molecule is Cc1nn(C)c(C)c1C(=O)C(=O)OCc1ccc(C(N)=O)cc1[N+](=O)[O-]. The third kappa shape index (κ3) is 3.58. The number of benzene rings is 1. The van der Waals surface area contributed by atoms with Crippen LogP contribution < -0.4 is 5.73 Å². The molecular weight excluding hydrogens is 344 g/mol. The second-order valence-corrected chi connectivity index (χ2v) is 5.54. The maximum atomic E-state index is 12.3. The molecular formula is C16H16N4O6. The van der Waals surface area contributed by atoms with Crippen molar-refractivity contribution in [2.24, 2.45) is 12.8 Å². The molecule has 0 unspecified atom stereocenters. The Morgan fingerprint density at radius 2 is 1.96 bits per heavy atom. The zero-order valence-corrected chi connectivity index (χ0v) is 14.3. The summed E-state index contributed by atoms with van der Waals surface area (Å²) in [6.07, 6.45) is 0. The lowest BCUT2D eigenvalue weighted by molar-refractivity contribution is -0.385. The number of nitrogens with two attached hydrogens (primary N) is 1. The molecule has 0 spiro atoms. The molecule has 0 atom stereocenters. The van der Waals surface area contributed by atoms with Crippen LogP contribution in [0.25, 0.3) is 0 Å². The molecule has 0 saturated carbocycles. The van der Waals surface area contributed by atoms with Crippen LogP contribution in [0.15, 0.2) is 18.2 Å². The van der Waals surface area contributed by atoms with Gasteiger partial charge in [-0.1, -0.05) is 0 Å². The minimum Gasteiger partial charge on any atom is -0.455 e. The van der Waals surface area contributed by atoms with Gasteiger partial charge in [0.15, 0.2) is 0 Å². The van der Waals surface area contributed by atoms with E-state index in [0.29, 0.717) is 11.4 Å². The molecule has 26 heavy (non-hydrogen) atoms. The molecule has 1 heterocycles. The number of nitro groups is 1. The molecule has 0 aliphatic heterocycles. The summed E-state index contributed by atoms with van der Waals surface area (Å²) < 4.78 is 6.37. The van der Waals surface area contributed by atoms with E-state index in [1.165, 1.54) is 16.8 Å². The average Bonchev–Trinajstić information content (AvgIpc) is 2.83. The highest BCUT2D eigenvalue weighted by molar-refractivity contribution is 6.41. The molecule has 1 aromatic carbocycles. The van der Waals surface area contributed by atoms with E-state index in [2.05, 4.69) is 5.10 Å². The lowest BCUT2D eigenvalue weighted by Gasteiger charge is -2.06. The number of nitro benzene ring substituents is 1. The molecule has 0 bridgehead atoms. The molecule has 0 fully saturated rings. The van der Waals surface area contributed by atoms with Crippen LogP contribution in [0.4, 0.5) is 5.69 Å². The Kier molecular flexibility index (Phi) is 5.15. The minimum absolute atomic E-state index is 0.0285. The minimum atomic E-state index is -1.16. The number of Topliss-reactive ketones (excluding diaryl/α,β-unsaturated/α-hetero) is 1. The smallest absolute Gasteiger partial charge is 0.380 e. The number of ether oxygens (including phenoxy) is 1. The summed E-state index contributed by atoms with van der Waals surface area (Å²) in [5, 5.41) is 15.2. The second kappa shape index (κ2) is 7.13. The summed E-state index contributed by atoms with van der Waals surface area (Å²) in [5.74, 6) is -2.86. The Bertz CT molecular complexity index is 931. The molecule has 2 aromatic rings. The summed E-state index contributed by atoms with van der Waals surface area (Å²) in [7, 11) is 1.63. The van der Waals surface area contributed by atoms with Crippen molar-refractivity contribution in [1.82, 2.24) is 9.78 Å². The van der Waals surface area contributed by atoms with Crippen molar-refractivity contribution < 1.29 is 24.0 Å². The van der Waals surface area contributed by atoms with E-state index < -0.39 is 34.9 Å². The zero-order valence-electron chi connectivity index (χ0n) is 14.3. The first kappa shape index (κ1) is 18.8. The number of aryl methyl sites for hydroxylation is 2. The number of hydrogen-bond acceptors (Lipinski definition) is 7. The number of esters is 1. The first-order valence-electron chi connectivity index (χ1n) is 7.42. The van der Waals surface area contributed by atoms with Crippen molar-refractivity contribution in [2.75, 3.05) is 0 Å². The Hall–Kier alpha value is -3.56. The van der Waals surface area contributed by atoms with Gasteiger partial charge in [0, 0.05) is 24.4 Å². The lowest BCUT2D eigenvalue weighted by atomic mass is 10.1. The lowest BCUT2D eigenvalue weighted by Crippen LogP contribution is -2.19. The fraction of sp³-hybridized carbons (Fsp3) is 0.250. The number of hydrogen-bond donors (Lipinski definition) is 1. The molecule has 2 rings (SSSR count). The summed E-state index contributed by atoms with van der Waals surface area (Å²) >= 11 is 0. The van der Waals surface area contributed by atoms with Crippen LogP contribution in [0.3, 0.4) is 0 Å². The maximum absolute atomic E-state index is 12.3. The summed E-state index contributed by atoms with van der Waals surface area (Å²) in [6.45, 7) is 2.72. The van der Waals surface area contributed by atoms with Gasteiger partial charge in [-0.05, 0) is 26.0 Å². The molecule has 0 saturated heterocycles. The van der Waals surface area contributed by atoms with Crippen LogP contribution in [-0.2, 0) is 23.2 Å². The third-order valence-corrected chi connectivity index (χ3v) is 3.85. The van der Waals surface area contributed by atoms with Crippen molar-refractivity contribution in [3.63, 3.8) is 0 Å². The van der Waals surface area contributed by atoms with Crippen molar-refractivity contribution in [1.29, 1.82) is 0 Å². The summed E-state index contributed by atoms with van der Waals surface area (Å²) in [4.78, 5) is 45.8. The quantitative estimate of drug-likeness (QED) is 0.265. The van der Waals surface area contributed by atoms with Gasteiger partial charge in [0.05, 0.1) is 21.7 Å². The highest BCUT2D eigenvalue weighted by Gasteiger charge is 2.26. The highest BCUT2D eigenvalue weighted by Crippen LogP contribution is 2.22. The number of amides is 1. The highest BCUT2D eigenvalue weighted by atomic mass is 16.6. The first-order valence-corrected chi connectivity index (χ1v) is 7.42. The predicted octanol–water partition coefficient (Wildman–Crippen LogP) is 0.970. The van der Waals surface area contributed by atoms with Crippen LogP contribution in [0.2, 0.25) is 0 Å². The van der Waals surface area contributed by atoms with E-state index in [1.807, 2.05) is 0 Å². The number of carbonyl (C=O) groups is 3. The van der Waals surface area contributed by atoms with Crippen molar-refractivity contribution in [2.45, 2.75) is 20.5 Å². The molecule has 10 nitrogen and oxygen atoms in total. The van der Waals surface area contributed by atoms with Crippen molar-refractivity contribution in [3.8, 4) is 0 Å². The Labute approximate surface area is 147 Å². The third-order valence-electron chi connectivity index (χ3n) is 3.85. The van der Waals surface area contributed by atoms with E-state index in [1.54, 1.807) is 20.9 Å². The Morgan fingerprint density at radius 3 is 2.46 bits per heavy atom. The molecule has 1 amide bonds. The van der Waals surface area contributed by atoms with Crippen LogP contribution in [0.1, 0.15) is 37.7 Å². The number of nitrogens with zero attached hydrogens (tertiary/aromatic N) is 3. The van der Waals surface area contributed by atoms with Gasteiger partial charge in [-0.25, -0.2) is 4.79 Å². The van der Waals surface area contributed by atoms with Crippen LogP contribution >= 0.6 is 0 Å². The van der Waals surface area contributed by atoms with Crippen molar-refractivity contribution >= 4 is 23.3 Å². The molecule has 1 aromatic heterocycles. The molecule has 0 radical (unpaired) electrons. The van der Waals surface area contributed by atoms with E-state index >= 15 is 0 Å². The Morgan fingerprint density at radius 1 is 1.31 bits per heavy atom. The van der Waals surface area contributed by atoms with Gasteiger partial charge in [0.1, 0.15) is 6.61 Å². The monoisotopic (exact) mass is 360 g/mol. The van der Waals surface area contributed by atoms with Gasteiger partial charge in [-0.15, -0.1) is 0 Å². The van der Waals surface area contributed by atoms with E-state index in [0.717, 1.165) is 6.07 Å². The van der Waals surface area contributed by atoms with Crippen LogP contribution in [0.5, 0.6) is 0 Å². The number of aromatic nitrogens is 2. The summed E-state index contributed by atoms with van der Waals surface area (Å²) in [5.41, 5.74) is 5.65. The molecule has 0 aliphatic carbocycles. The fourth-order valence-corrected chi connectivity index (χ4v) is 2.42. The van der Waals surface area contributed by atoms with E-state index in [4.69, 9.17) is 10.5 Å². The largest absolute Gasteiger partial charge is 0.455 e. The molecule has 136 valence electrons. The average molecular weight is 360 g/mol. The van der Waals surface area contributed by atoms with Gasteiger partial charge >= 0.3 is 5.97 Å². The molecule has 0 aliphatic rings. The van der Waals surface area contributed by atoms with Crippen LogP contribution in [0, 0.1) is 24.0 Å². The van der Waals surface area contributed by atoms with Gasteiger partial charge in [-0.2, -0.15) is 5.10 Å². The van der Waals surface area contributed by atoms with Gasteiger partial charge < -0.3 is 10.5 Å². The fourth-order valence-electron chi connectivity index (χ4n) is 2.42. The van der Waals surface area contributed by atoms with Gasteiger partial charge in [0.25, 0.3) is 11.5 Å². The van der Waals surface area contributed by atoms with Gasteiger partial charge in [-0.3, -0.25) is 24.4 Å². The number of rotatable bonds is 6. The van der Waals surface area contributed by atoms with E-state index in [9.17, 15) is 24.5 Å². The standard InChI is InChI=1S/C16H16N4O6/c1-8-13(9(2)19(3)18-8)14(21)16(23)26-7-11-5-4-10(15(17)22)6-12(11)20(24)25/h4-6H,7H2,1-3H3,(H2,17,22). The number of ketones is 1. The summed E-state index contributed by atoms with van der Waals surface area (Å²) in [6, 6.07) is 3.51. The van der Waals surface area contributed by atoms with E-state index in [-0.39, 0.29) is 16.7 Å². The second-order valence-electron chi connectivity index (χ2n) is 5.54. The first-order chi connectivity index (χ1) is 12.1. The normalized spacial score (nSPS) is 10.4. The zero-order chi connectivity index (χ0) is 19.6. The number of carbonyl (C=O) groups excluding carboxylic acids is 3. The number of primary amides is 1. The van der Waals surface area contributed by atoms with Crippen molar-refractivity contribution in [3.05, 3.63) is 56.4 Å². The molecule has 10 heteroatoms.